The number of ether oxygens (including phenoxy) is 1. The van der Waals surface area contributed by atoms with E-state index in [1.165, 1.54) is 6.07 Å². The maximum atomic E-state index is 13.1. The van der Waals surface area contributed by atoms with Gasteiger partial charge in [0.05, 0.1) is 18.1 Å². The van der Waals surface area contributed by atoms with E-state index in [0.29, 0.717) is 49.5 Å². The molecular weight excluding hydrogens is 583 g/mol. The average molecular weight is 614 g/mol. The first-order valence-electron chi connectivity index (χ1n) is 13.5. The summed E-state index contributed by atoms with van der Waals surface area (Å²) in [5.74, 6) is -0.301. The predicted molar refractivity (Wildman–Crippen MR) is 161 cm³/mol. The van der Waals surface area contributed by atoms with E-state index < -0.39 is 11.5 Å². The molecule has 4 aromatic rings. The van der Waals surface area contributed by atoms with Crippen LogP contribution in [0.4, 0.5) is 13.2 Å². The van der Waals surface area contributed by atoms with Crippen molar-refractivity contribution in [2.75, 3.05) is 19.7 Å². The van der Waals surface area contributed by atoms with E-state index >= 15 is 0 Å². The lowest BCUT2D eigenvalue weighted by atomic mass is 9.90. The highest BCUT2D eigenvalue weighted by atomic mass is 35.5. The van der Waals surface area contributed by atoms with Crippen molar-refractivity contribution in [2.24, 2.45) is 0 Å². The molecule has 0 unspecified atom stereocenters. The van der Waals surface area contributed by atoms with Crippen molar-refractivity contribution in [2.45, 2.75) is 35.7 Å². The molecule has 4 aromatic carbocycles. The average Bonchev–Trinajstić information content (AvgIpc) is 2.96. The fraction of sp³-hybridized carbons (Fsp3) is 0.242. The molecule has 0 spiro atoms. The summed E-state index contributed by atoms with van der Waals surface area (Å²) in [6.07, 6.45) is 0.547. The third-order valence-electron chi connectivity index (χ3n) is 6.65. The van der Waals surface area contributed by atoms with E-state index in [9.17, 15) is 18.0 Å². The Morgan fingerprint density at radius 1 is 0.905 bits per heavy atom. The Labute approximate surface area is 253 Å². The van der Waals surface area contributed by atoms with Crippen molar-refractivity contribution in [3.8, 4) is 5.75 Å². The molecule has 9 heteroatoms. The molecule has 0 radical (unpaired) electrons. The highest BCUT2D eigenvalue weighted by molar-refractivity contribution is 8.00. The number of carboxylic acid groups (broad SMARTS) is 1. The van der Waals surface area contributed by atoms with Gasteiger partial charge in [0.2, 0.25) is 0 Å². The smallest absolute Gasteiger partial charge is 0.446 e. The molecule has 0 aromatic heterocycles. The van der Waals surface area contributed by atoms with Crippen LogP contribution < -0.4 is 4.74 Å². The molecule has 0 aliphatic rings. The van der Waals surface area contributed by atoms with Gasteiger partial charge in [0.1, 0.15) is 5.75 Å². The Morgan fingerprint density at radius 2 is 1.55 bits per heavy atom. The minimum absolute atomic E-state index is 0.0196. The Hall–Kier alpha value is -3.46. The third-order valence-corrected chi connectivity index (χ3v) is 8.00. The minimum atomic E-state index is -4.44. The number of hydrogen-bond acceptors (Lipinski definition) is 4. The molecular formula is C33H31ClF3NO3S. The number of thioether (sulfide) groups is 1. The molecule has 0 amide bonds. The van der Waals surface area contributed by atoms with E-state index in [1.54, 1.807) is 36.4 Å². The Kier molecular flexibility index (Phi) is 11.3. The number of hydrogen-bond donors (Lipinski definition) is 1. The van der Waals surface area contributed by atoms with Crippen molar-refractivity contribution in [1.29, 1.82) is 0 Å². The van der Waals surface area contributed by atoms with Crippen molar-refractivity contribution in [1.82, 2.24) is 4.90 Å². The molecule has 4 nitrogen and oxygen atoms in total. The lowest BCUT2D eigenvalue weighted by molar-refractivity contribution is -0.136. The van der Waals surface area contributed by atoms with Gasteiger partial charge in [-0.3, -0.25) is 9.69 Å². The van der Waals surface area contributed by atoms with Crippen molar-refractivity contribution in [3.63, 3.8) is 0 Å². The molecule has 0 atom stereocenters. The molecule has 0 fully saturated rings. The van der Waals surface area contributed by atoms with Gasteiger partial charge in [0.25, 0.3) is 0 Å². The van der Waals surface area contributed by atoms with Crippen LogP contribution >= 0.6 is 23.4 Å². The van der Waals surface area contributed by atoms with Gasteiger partial charge in [0, 0.05) is 30.4 Å². The molecule has 0 heterocycles. The molecule has 0 bridgehead atoms. The zero-order chi connectivity index (χ0) is 30.0. The van der Waals surface area contributed by atoms with Gasteiger partial charge in [-0.05, 0) is 58.6 Å². The van der Waals surface area contributed by atoms with Crippen LogP contribution in [0.15, 0.2) is 108 Å². The maximum Gasteiger partial charge on any atom is 0.446 e. The molecule has 1 N–H and O–H groups in total. The van der Waals surface area contributed by atoms with Crippen LogP contribution in [0.25, 0.3) is 0 Å². The second-order valence-corrected chi connectivity index (χ2v) is 11.3. The van der Waals surface area contributed by atoms with Crippen LogP contribution in [0.3, 0.4) is 0 Å². The second kappa shape index (κ2) is 15.1. The summed E-state index contributed by atoms with van der Waals surface area (Å²) in [5, 5.41) is 9.17. The number of carbonyl (C=O) groups is 1. The van der Waals surface area contributed by atoms with Crippen LogP contribution in [0.2, 0.25) is 5.02 Å². The van der Waals surface area contributed by atoms with E-state index in [4.69, 9.17) is 21.4 Å². The second-order valence-electron chi connectivity index (χ2n) is 9.81. The quantitative estimate of drug-likeness (QED) is 0.114. The minimum Gasteiger partial charge on any atom is -0.494 e. The third kappa shape index (κ3) is 9.82. The summed E-state index contributed by atoms with van der Waals surface area (Å²) in [6, 6.07) is 32.0. The summed E-state index contributed by atoms with van der Waals surface area (Å²) in [6.45, 7) is 1.94. The topological polar surface area (TPSA) is 49.8 Å². The summed E-state index contributed by atoms with van der Waals surface area (Å²) in [5.41, 5.74) is -0.901. The molecule has 220 valence electrons. The SMILES string of the molecule is O=C(O)Cc1cccc(OCCCN(Cc2cccc(SC(F)(F)F)c2Cl)CC(c2ccccc2)c2ccccc2)c1. The standard InChI is InChI=1S/C33H31ClF3NO3S/c34-32-27(15-8-17-30(32)42-33(35,36)37)22-38(18-9-19-41-28-16-7-10-24(20-28)21-31(39)40)23-29(25-11-3-1-4-12-25)26-13-5-2-6-14-26/h1-8,10-17,20,29H,9,18-19,21-23H2,(H,39,40). The molecule has 0 aliphatic heterocycles. The van der Waals surface area contributed by atoms with Gasteiger partial charge in [-0.1, -0.05) is 96.5 Å². The monoisotopic (exact) mass is 613 g/mol. The van der Waals surface area contributed by atoms with Gasteiger partial charge in [-0.25, -0.2) is 0 Å². The lowest BCUT2D eigenvalue weighted by Gasteiger charge is -2.29. The molecule has 4 rings (SSSR count). The van der Waals surface area contributed by atoms with Gasteiger partial charge in [-0.2, -0.15) is 13.2 Å². The summed E-state index contributed by atoms with van der Waals surface area (Å²) < 4.78 is 45.4. The number of benzene rings is 4. The van der Waals surface area contributed by atoms with Gasteiger partial charge in [-0.15, -0.1) is 0 Å². The first kappa shape index (κ1) is 31.5. The summed E-state index contributed by atoms with van der Waals surface area (Å²) >= 11 is 6.30. The molecule has 42 heavy (non-hydrogen) atoms. The highest BCUT2D eigenvalue weighted by Crippen LogP contribution is 2.41. The van der Waals surface area contributed by atoms with E-state index in [1.807, 2.05) is 36.4 Å². The van der Waals surface area contributed by atoms with Crippen molar-refractivity contribution < 1.29 is 27.8 Å². The fourth-order valence-electron chi connectivity index (χ4n) is 4.79. The normalized spacial score (nSPS) is 11.7. The van der Waals surface area contributed by atoms with Gasteiger partial charge >= 0.3 is 11.5 Å². The lowest BCUT2D eigenvalue weighted by Crippen LogP contribution is -2.31. The number of carboxylic acids is 1. The van der Waals surface area contributed by atoms with Crippen LogP contribution in [0, 0.1) is 0 Å². The van der Waals surface area contributed by atoms with Crippen LogP contribution in [-0.2, 0) is 17.8 Å². The molecule has 0 saturated carbocycles. The van der Waals surface area contributed by atoms with Gasteiger partial charge in [0.15, 0.2) is 0 Å². The summed E-state index contributed by atoms with van der Waals surface area (Å²) in [7, 11) is 0. The van der Waals surface area contributed by atoms with Crippen molar-refractivity contribution >= 4 is 29.3 Å². The Bertz CT molecular complexity index is 1400. The number of alkyl halides is 3. The zero-order valence-corrected chi connectivity index (χ0v) is 24.3. The summed E-state index contributed by atoms with van der Waals surface area (Å²) in [4.78, 5) is 13.2. The largest absolute Gasteiger partial charge is 0.494 e. The number of aliphatic carboxylic acids is 1. The first-order valence-corrected chi connectivity index (χ1v) is 14.7. The fourth-order valence-corrected chi connectivity index (χ4v) is 5.71. The van der Waals surface area contributed by atoms with Crippen LogP contribution in [-0.4, -0.2) is 41.2 Å². The Balaban J connectivity index is 1.54. The highest BCUT2D eigenvalue weighted by Gasteiger charge is 2.31. The zero-order valence-electron chi connectivity index (χ0n) is 22.8. The van der Waals surface area contributed by atoms with E-state index in [0.717, 1.165) is 11.1 Å². The molecule has 0 aliphatic carbocycles. The predicted octanol–water partition coefficient (Wildman–Crippen LogP) is 8.68. The Morgan fingerprint density at radius 3 is 2.17 bits per heavy atom. The van der Waals surface area contributed by atoms with E-state index in [-0.39, 0.29) is 34.0 Å². The first-order chi connectivity index (χ1) is 20.2. The number of rotatable bonds is 14. The van der Waals surface area contributed by atoms with Crippen LogP contribution in [0.1, 0.15) is 34.6 Å². The number of nitrogens with zero attached hydrogens (tertiary/aromatic N) is 1. The van der Waals surface area contributed by atoms with Crippen LogP contribution in [0.5, 0.6) is 5.75 Å². The molecule has 0 saturated heterocycles. The maximum absolute atomic E-state index is 13.1. The van der Waals surface area contributed by atoms with Crippen molar-refractivity contribution in [3.05, 3.63) is 130 Å². The van der Waals surface area contributed by atoms with Gasteiger partial charge < -0.3 is 9.84 Å². The van der Waals surface area contributed by atoms with E-state index in [2.05, 4.69) is 29.2 Å². The number of halogens is 4.